The Morgan fingerprint density at radius 1 is 0.731 bits per heavy atom. The maximum Gasteiger partial charge on any atom is 0.332 e. The SMILES string of the molecule is CCCCCCCCCCCCN.O=C(O)C1=C(C(=O)O)CCCCC1. The zero-order valence-corrected chi connectivity index (χ0v) is 16.6. The standard InChI is InChI=1S/C12H27N.C9H12O4/c1-2-3-4-5-6-7-8-9-10-11-12-13;10-8(11)6-4-2-1-3-5-7(6)9(12)13/h2-13H2,1H3;1-5H2,(H,10,11)(H,12,13). The van der Waals surface area contributed by atoms with Crippen LogP contribution >= 0.6 is 0 Å². The van der Waals surface area contributed by atoms with E-state index in [1.165, 1.54) is 64.2 Å². The molecule has 0 bridgehead atoms. The zero-order chi connectivity index (χ0) is 19.6. The first-order chi connectivity index (χ1) is 12.5. The summed E-state index contributed by atoms with van der Waals surface area (Å²) in [7, 11) is 0. The first-order valence-electron chi connectivity index (χ1n) is 10.4. The number of carboxylic acid groups (broad SMARTS) is 2. The first-order valence-corrected chi connectivity index (χ1v) is 10.4. The summed E-state index contributed by atoms with van der Waals surface area (Å²) in [6.07, 6.45) is 17.2. The van der Waals surface area contributed by atoms with Gasteiger partial charge in [0.25, 0.3) is 0 Å². The van der Waals surface area contributed by atoms with Crippen molar-refractivity contribution >= 4 is 11.9 Å². The van der Waals surface area contributed by atoms with Crippen LogP contribution in [0.25, 0.3) is 0 Å². The van der Waals surface area contributed by atoms with Gasteiger partial charge in [-0.05, 0) is 38.6 Å². The highest BCUT2D eigenvalue weighted by molar-refractivity contribution is 5.98. The molecule has 0 unspecified atom stereocenters. The van der Waals surface area contributed by atoms with Crippen LogP contribution in [0, 0.1) is 0 Å². The van der Waals surface area contributed by atoms with Crippen molar-refractivity contribution in [1.29, 1.82) is 0 Å². The highest BCUT2D eigenvalue weighted by Gasteiger charge is 2.21. The van der Waals surface area contributed by atoms with Crippen LogP contribution in [0.5, 0.6) is 0 Å². The van der Waals surface area contributed by atoms with Gasteiger partial charge in [-0.1, -0.05) is 71.1 Å². The lowest BCUT2D eigenvalue weighted by Crippen LogP contribution is -2.10. The van der Waals surface area contributed by atoms with E-state index in [-0.39, 0.29) is 11.1 Å². The van der Waals surface area contributed by atoms with Gasteiger partial charge in [0.05, 0.1) is 0 Å². The average Bonchev–Trinajstić information content (AvgIpc) is 2.87. The Balaban J connectivity index is 0.000000481. The Bertz CT molecular complexity index is 382. The minimum Gasteiger partial charge on any atom is -0.478 e. The van der Waals surface area contributed by atoms with E-state index in [1.807, 2.05) is 0 Å². The Hall–Kier alpha value is -1.36. The van der Waals surface area contributed by atoms with Gasteiger partial charge in [0.1, 0.15) is 0 Å². The van der Waals surface area contributed by atoms with E-state index >= 15 is 0 Å². The lowest BCUT2D eigenvalue weighted by atomic mass is 10.0. The van der Waals surface area contributed by atoms with Crippen molar-refractivity contribution in [1.82, 2.24) is 0 Å². The van der Waals surface area contributed by atoms with E-state index in [0.29, 0.717) is 12.8 Å². The number of unbranched alkanes of at least 4 members (excludes halogenated alkanes) is 9. The molecule has 5 heteroatoms. The fraction of sp³-hybridized carbons (Fsp3) is 0.810. The van der Waals surface area contributed by atoms with Crippen molar-refractivity contribution < 1.29 is 19.8 Å². The van der Waals surface area contributed by atoms with Gasteiger partial charge in [-0.2, -0.15) is 0 Å². The average molecular weight is 370 g/mol. The summed E-state index contributed by atoms with van der Waals surface area (Å²) in [5.41, 5.74) is 5.60. The molecular formula is C21H39NO4. The molecule has 4 N–H and O–H groups in total. The second kappa shape index (κ2) is 17.1. The molecule has 1 rings (SSSR count). The Labute approximate surface area is 159 Å². The maximum absolute atomic E-state index is 10.7. The fourth-order valence-electron chi connectivity index (χ4n) is 3.19. The summed E-state index contributed by atoms with van der Waals surface area (Å²) in [5, 5.41) is 17.5. The van der Waals surface area contributed by atoms with Crippen molar-refractivity contribution in [2.24, 2.45) is 5.73 Å². The Morgan fingerprint density at radius 3 is 1.46 bits per heavy atom. The molecule has 0 fully saturated rings. The van der Waals surface area contributed by atoms with E-state index < -0.39 is 11.9 Å². The molecule has 1 aliphatic rings. The van der Waals surface area contributed by atoms with Crippen molar-refractivity contribution in [3.8, 4) is 0 Å². The maximum atomic E-state index is 10.7. The molecule has 0 saturated heterocycles. The second-order valence-corrected chi connectivity index (χ2v) is 7.10. The second-order valence-electron chi connectivity index (χ2n) is 7.10. The van der Waals surface area contributed by atoms with E-state index in [1.54, 1.807) is 0 Å². The summed E-state index contributed by atoms with van der Waals surface area (Å²) in [4.78, 5) is 21.4. The monoisotopic (exact) mass is 369 g/mol. The highest BCUT2D eigenvalue weighted by atomic mass is 16.4. The lowest BCUT2D eigenvalue weighted by Gasteiger charge is -2.02. The fourth-order valence-corrected chi connectivity index (χ4v) is 3.19. The predicted molar refractivity (Wildman–Crippen MR) is 106 cm³/mol. The summed E-state index contributed by atoms with van der Waals surface area (Å²) in [6.45, 7) is 3.14. The molecule has 0 aromatic carbocycles. The largest absolute Gasteiger partial charge is 0.478 e. The molecule has 0 amide bonds. The summed E-state index contributed by atoms with van der Waals surface area (Å²) < 4.78 is 0. The third-order valence-corrected chi connectivity index (χ3v) is 4.79. The molecule has 0 radical (unpaired) electrons. The van der Waals surface area contributed by atoms with Crippen LogP contribution in [0.3, 0.4) is 0 Å². The third-order valence-electron chi connectivity index (χ3n) is 4.79. The van der Waals surface area contributed by atoms with Crippen LogP contribution in [0.2, 0.25) is 0 Å². The molecule has 1 aliphatic carbocycles. The van der Waals surface area contributed by atoms with Crippen LogP contribution in [0.15, 0.2) is 11.1 Å². The molecule has 26 heavy (non-hydrogen) atoms. The Morgan fingerprint density at radius 2 is 1.12 bits per heavy atom. The van der Waals surface area contributed by atoms with Crippen LogP contribution in [-0.2, 0) is 9.59 Å². The van der Waals surface area contributed by atoms with Gasteiger partial charge in [-0.3, -0.25) is 0 Å². The molecule has 0 aliphatic heterocycles. The van der Waals surface area contributed by atoms with E-state index in [9.17, 15) is 9.59 Å². The molecule has 0 aromatic heterocycles. The van der Waals surface area contributed by atoms with Gasteiger partial charge >= 0.3 is 11.9 Å². The minimum absolute atomic E-state index is 0.0880. The van der Waals surface area contributed by atoms with E-state index in [2.05, 4.69) is 6.92 Å². The van der Waals surface area contributed by atoms with Crippen molar-refractivity contribution in [3.05, 3.63) is 11.1 Å². The van der Waals surface area contributed by atoms with Crippen molar-refractivity contribution in [2.75, 3.05) is 6.54 Å². The highest BCUT2D eigenvalue weighted by Crippen LogP contribution is 2.24. The molecular weight excluding hydrogens is 330 g/mol. The van der Waals surface area contributed by atoms with Crippen LogP contribution in [-0.4, -0.2) is 28.7 Å². The van der Waals surface area contributed by atoms with Crippen LogP contribution in [0.1, 0.15) is 103 Å². The normalized spacial score (nSPS) is 14.4. The first kappa shape index (κ1) is 24.6. The number of carboxylic acids is 2. The van der Waals surface area contributed by atoms with Crippen molar-refractivity contribution in [2.45, 2.75) is 103 Å². The number of carbonyl (C=O) groups is 2. The summed E-state index contributed by atoms with van der Waals surface area (Å²) in [5.74, 6) is -2.17. The number of rotatable bonds is 12. The zero-order valence-electron chi connectivity index (χ0n) is 16.6. The molecule has 152 valence electrons. The molecule has 0 aromatic rings. The van der Waals surface area contributed by atoms with Gasteiger partial charge in [0.15, 0.2) is 0 Å². The topological polar surface area (TPSA) is 101 Å². The quantitative estimate of drug-likeness (QED) is 0.406. The number of hydrogen-bond acceptors (Lipinski definition) is 3. The van der Waals surface area contributed by atoms with Crippen LogP contribution < -0.4 is 5.73 Å². The third kappa shape index (κ3) is 12.9. The summed E-state index contributed by atoms with van der Waals surface area (Å²) >= 11 is 0. The van der Waals surface area contributed by atoms with Gasteiger partial charge in [0, 0.05) is 11.1 Å². The summed E-state index contributed by atoms with van der Waals surface area (Å²) in [6, 6.07) is 0. The molecule has 0 heterocycles. The molecule has 0 spiro atoms. The molecule has 0 saturated carbocycles. The number of aliphatic carboxylic acids is 2. The van der Waals surface area contributed by atoms with Gasteiger partial charge < -0.3 is 15.9 Å². The van der Waals surface area contributed by atoms with Crippen LogP contribution in [0.4, 0.5) is 0 Å². The molecule has 0 atom stereocenters. The minimum atomic E-state index is -1.08. The van der Waals surface area contributed by atoms with E-state index in [4.69, 9.17) is 15.9 Å². The number of hydrogen-bond donors (Lipinski definition) is 3. The van der Waals surface area contributed by atoms with Gasteiger partial charge in [-0.15, -0.1) is 0 Å². The molecule has 5 nitrogen and oxygen atoms in total. The predicted octanol–water partition coefficient (Wildman–Crippen LogP) is 5.28. The lowest BCUT2D eigenvalue weighted by molar-refractivity contribution is -0.136. The Kier molecular flexibility index (Phi) is 16.2. The van der Waals surface area contributed by atoms with Crippen molar-refractivity contribution in [3.63, 3.8) is 0 Å². The smallest absolute Gasteiger partial charge is 0.332 e. The van der Waals surface area contributed by atoms with E-state index in [0.717, 1.165) is 25.8 Å². The van der Waals surface area contributed by atoms with Gasteiger partial charge in [0.2, 0.25) is 0 Å². The van der Waals surface area contributed by atoms with Gasteiger partial charge in [-0.25, -0.2) is 9.59 Å². The number of nitrogens with two attached hydrogens (primary N) is 1.